The molecule has 2 atom stereocenters. The Morgan fingerprint density at radius 2 is 1.60 bits per heavy atom. The van der Waals surface area contributed by atoms with E-state index in [1.165, 1.54) is 0 Å². The first-order valence-corrected chi connectivity index (χ1v) is 10.6. The van der Waals surface area contributed by atoms with Crippen LogP contribution in [-0.4, -0.2) is 16.2 Å². The molecule has 3 aromatic carbocycles. The van der Waals surface area contributed by atoms with E-state index in [4.69, 9.17) is 4.99 Å². The number of fused-ring (bicyclic) bond motifs is 1. The van der Waals surface area contributed by atoms with Crippen molar-refractivity contribution < 1.29 is 4.79 Å². The monoisotopic (exact) mass is 457 g/mol. The van der Waals surface area contributed by atoms with Crippen molar-refractivity contribution in [1.29, 1.82) is 0 Å². The Bertz CT molecular complexity index is 1260. The highest BCUT2D eigenvalue weighted by Gasteiger charge is 2.34. The van der Waals surface area contributed by atoms with Gasteiger partial charge in [0.05, 0.1) is 6.04 Å². The molecular weight excluding hydrogens is 438 g/mol. The van der Waals surface area contributed by atoms with Gasteiger partial charge in [0.25, 0.3) is 5.91 Å². The van der Waals surface area contributed by atoms with Crippen molar-refractivity contribution in [3.63, 3.8) is 0 Å². The average molecular weight is 458 g/mol. The lowest BCUT2D eigenvalue weighted by molar-refractivity contribution is -0.116. The largest absolute Gasteiger partial charge is 0.350 e. The number of nitrogens with one attached hydrogen (secondary N) is 1. The van der Waals surface area contributed by atoms with Gasteiger partial charge in [-0.3, -0.25) is 9.79 Å². The lowest BCUT2D eigenvalue weighted by Gasteiger charge is -2.31. The predicted molar refractivity (Wildman–Crippen MR) is 124 cm³/mol. The Morgan fingerprint density at radius 1 is 0.933 bits per heavy atom. The molecule has 30 heavy (non-hydrogen) atoms. The number of carbonyl (C=O) groups excluding carboxylic acids is 1. The number of aromatic nitrogens is 1. The fraction of sp³-hybridized carbons (Fsp3) is 0.120. The topological polar surface area (TPSA) is 46.4 Å². The molecule has 1 N–H and O–H groups in total. The summed E-state index contributed by atoms with van der Waals surface area (Å²) >= 11 is 3.55. The van der Waals surface area contributed by atoms with Gasteiger partial charge in [-0.05, 0) is 29.3 Å². The van der Waals surface area contributed by atoms with E-state index < -0.39 is 0 Å². The summed E-state index contributed by atoms with van der Waals surface area (Å²) < 4.78 is 3.01. The van der Waals surface area contributed by atoms with Gasteiger partial charge in [-0.15, -0.1) is 0 Å². The molecule has 1 amide bonds. The molecule has 4 nitrogen and oxygen atoms in total. The molecule has 0 aliphatic carbocycles. The molecule has 2 heterocycles. The smallest absolute Gasteiger partial charge is 0.270 e. The number of carbonyl (C=O) groups is 1. The summed E-state index contributed by atoms with van der Waals surface area (Å²) in [5.41, 5.74) is 4.50. The molecule has 0 unspecified atom stereocenters. The summed E-state index contributed by atoms with van der Waals surface area (Å²) in [6.07, 6.45) is 1.99. The molecular formula is C25H20BrN3O. The fourth-order valence-corrected chi connectivity index (χ4v) is 4.51. The summed E-state index contributed by atoms with van der Waals surface area (Å²) in [6.45, 7) is 0. The highest BCUT2D eigenvalue weighted by molar-refractivity contribution is 9.10. The first kappa shape index (κ1) is 18.8. The predicted octanol–water partition coefficient (Wildman–Crippen LogP) is 5.34. The lowest BCUT2D eigenvalue weighted by Crippen LogP contribution is -2.42. The molecule has 0 saturated carbocycles. The van der Waals surface area contributed by atoms with E-state index in [1.54, 1.807) is 0 Å². The van der Waals surface area contributed by atoms with Crippen molar-refractivity contribution in [1.82, 2.24) is 9.88 Å². The molecule has 148 valence electrons. The Morgan fingerprint density at radius 3 is 2.30 bits per heavy atom. The molecule has 0 saturated heterocycles. The molecule has 1 aromatic heterocycles. The van der Waals surface area contributed by atoms with E-state index >= 15 is 0 Å². The van der Waals surface area contributed by atoms with Gasteiger partial charge >= 0.3 is 0 Å². The molecule has 0 bridgehead atoms. The maximum atomic E-state index is 13.2. The van der Waals surface area contributed by atoms with Gasteiger partial charge in [0, 0.05) is 34.2 Å². The maximum absolute atomic E-state index is 13.2. The quantitative estimate of drug-likeness (QED) is 0.443. The molecule has 5 heteroatoms. The third kappa shape index (κ3) is 3.25. The molecule has 5 rings (SSSR count). The van der Waals surface area contributed by atoms with Crippen LogP contribution in [0.3, 0.4) is 0 Å². The van der Waals surface area contributed by atoms with Crippen molar-refractivity contribution in [2.24, 2.45) is 12.0 Å². The maximum Gasteiger partial charge on any atom is 0.270 e. The van der Waals surface area contributed by atoms with Crippen LogP contribution in [0.4, 0.5) is 0 Å². The van der Waals surface area contributed by atoms with Gasteiger partial charge in [0.2, 0.25) is 0 Å². The second kappa shape index (κ2) is 7.58. The van der Waals surface area contributed by atoms with Crippen molar-refractivity contribution >= 4 is 38.5 Å². The SMILES string of the molecule is Cn1cc(C2=N[C@H](c3ccccc3)[C@@H](c3ccccc3)NC2=O)c2cc(Br)ccc21. The van der Waals surface area contributed by atoms with E-state index in [0.717, 1.165) is 32.1 Å². The first-order chi connectivity index (χ1) is 14.6. The summed E-state index contributed by atoms with van der Waals surface area (Å²) in [5.74, 6) is -0.150. The van der Waals surface area contributed by atoms with E-state index in [-0.39, 0.29) is 18.0 Å². The normalized spacial score (nSPS) is 18.9. The highest BCUT2D eigenvalue weighted by atomic mass is 79.9. The highest BCUT2D eigenvalue weighted by Crippen LogP contribution is 2.36. The molecule has 4 aromatic rings. The first-order valence-electron chi connectivity index (χ1n) is 9.85. The van der Waals surface area contributed by atoms with Gasteiger partial charge in [0.1, 0.15) is 11.8 Å². The van der Waals surface area contributed by atoms with Crippen molar-refractivity contribution in [2.45, 2.75) is 12.1 Å². The Kier molecular flexibility index (Phi) is 4.75. The summed E-state index contributed by atoms with van der Waals surface area (Å²) in [7, 11) is 1.99. The minimum atomic E-state index is -0.216. The van der Waals surface area contributed by atoms with Crippen LogP contribution in [0, 0.1) is 0 Å². The Hall–Kier alpha value is -3.18. The minimum Gasteiger partial charge on any atom is -0.350 e. The molecule has 0 spiro atoms. The number of aliphatic imine (C=N–C) groups is 1. The number of rotatable bonds is 3. The average Bonchev–Trinajstić information content (AvgIpc) is 3.10. The number of aryl methyl sites for hydroxylation is 1. The number of hydrogen-bond donors (Lipinski definition) is 1. The van der Waals surface area contributed by atoms with Crippen molar-refractivity contribution in [3.8, 4) is 0 Å². The second-order valence-electron chi connectivity index (χ2n) is 7.51. The summed E-state index contributed by atoms with van der Waals surface area (Å²) in [4.78, 5) is 18.3. The number of halogens is 1. The van der Waals surface area contributed by atoms with Crippen LogP contribution in [-0.2, 0) is 11.8 Å². The number of hydrogen-bond acceptors (Lipinski definition) is 2. The van der Waals surface area contributed by atoms with E-state index in [0.29, 0.717) is 5.71 Å². The van der Waals surface area contributed by atoms with E-state index in [2.05, 4.69) is 33.4 Å². The zero-order valence-corrected chi connectivity index (χ0v) is 18.0. The number of nitrogens with zero attached hydrogens (tertiary/aromatic N) is 2. The third-order valence-electron chi connectivity index (χ3n) is 5.59. The Balaban J connectivity index is 1.69. The van der Waals surface area contributed by atoms with E-state index in [9.17, 15) is 4.79 Å². The lowest BCUT2D eigenvalue weighted by atomic mass is 9.91. The third-order valence-corrected chi connectivity index (χ3v) is 6.09. The van der Waals surface area contributed by atoms with Crippen LogP contribution >= 0.6 is 15.9 Å². The minimum absolute atomic E-state index is 0.150. The van der Waals surface area contributed by atoms with E-state index in [1.807, 2.05) is 84.5 Å². The van der Waals surface area contributed by atoms with Crippen LogP contribution in [0.1, 0.15) is 28.8 Å². The number of benzene rings is 3. The standard InChI is InChI=1S/C25H20BrN3O/c1-29-15-20(19-14-18(26)12-13-21(19)29)24-25(30)28-23(17-10-6-3-7-11-17)22(27-24)16-8-4-2-5-9-16/h2-15,22-23H,1H3,(H,28,30)/t22-,23-/m1/s1. The van der Waals surface area contributed by atoms with Gasteiger partial charge < -0.3 is 9.88 Å². The second-order valence-corrected chi connectivity index (χ2v) is 8.43. The Labute approximate surface area is 183 Å². The van der Waals surface area contributed by atoms with Gasteiger partial charge in [0.15, 0.2) is 0 Å². The molecule has 0 radical (unpaired) electrons. The van der Waals surface area contributed by atoms with Gasteiger partial charge in [-0.1, -0.05) is 76.6 Å². The van der Waals surface area contributed by atoms with Crippen LogP contribution < -0.4 is 5.32 Å². The van der Waals surface area contributed by atoms with Crippen molar-refractivity contribution in [2.75, 3.05) is 0 Å². The summed E-state index contributed by atoms with van der Waals surface area (Å²) in [6, 6.07) is 25.9. The molecule has 1 aliphatic heterocycles. The van der Waals surface area contributed by atoms with Gasteiger partial charge in [-0.25, -0.2) is 0 Å². The van der Waals surface area contributed by atoms with Crippen LogP contribution in [0.2, 0.25) is 0 Å². The van der Waals surface area contributed by atoms with Crippen LogP contribution in [0.5, 0.6) is 0 Å². The zero-order chi connectivity index (χ0) is 20.7. The number of amides is 1. The van der Waals surface area contributed by atoms with Crippen molar-refractivity contribution in [3.05, 3.63) is 106 Å². The van der Waals surface area contributed by atoms with Crippen LogP contribution in [0.15, 0.2) is 94.5 Å². The summed E-state index contributed by atoms with van der Waals surface area (Å²) in [5, 5.41) is 4.23. The molecule has 1 aliphatic rings. The van der Waals surface area contributed by atoms with Crippen LogP contribution in [0.25, 0.3) is 10.9 Å². The van der Waals surface area contributed by atoms with Gasteiger partial charge in [-0.2, -0.15) is 0 Å². The molecule has 0 fully saturated rings. The zero-order valence-electron chi connectivity index (χ0n) is 16.4. The fourth-order valence-electron chi connectivity index (χ4n) is 4.15.